The van der Waals surface area contributed by atoms with Crippen molar-refractivity contribution in [2.75, 3.05) is 56.4 Å². The van der Waals surface area contributed by atoms with E-state index in [1.807, 2.05) is 23.1 Å². The van der Waals surface area contributed by atoms with Crippen LogP contribution in [0.4, 0.5) is 38.0 Å². The van der Waals surface area contributed by atoms with E-state index in [-0.39, 0.29) is 30.0 Å². The SMILES string of the molecule is O=C(CN1CCC(c2cccc(OS(=O)(=O)C(F)(F)F)c2)C1)Nc1ccccn1.O=S(=O)(Oc1cccc(C2CCN(CCNc3ccccn3)C2)c1)C(F)(F)F. The van der Waals surface area contributed by atoms with Gasteiger partial charge in [0.15, 0.2) is 0 Å². The number of rotatable bonds is 13. The van der Waals surface area contributed by atoms with Gasteiger partial charge < -0.3 is 23.9 Å². The van der Waals surface area contributed by atoms with E-state index in [4.69, 9.17) is 0 Å². The number of nitrogens with zero attached hydrogens (tertiary/aromatic N) is 4. The van der Waals surface area contributed by atoms with Crippen molar-refractivity contribution in [1.29, 1.82) is 0 Å². The molecule has 13 nitrogen and oxygen atoms in total. The summed E-state index contributed by atoms with van der Waals surface area (Å²) in [6.07, 6.45) is 4.78. The maximum Gasteiger partial charge on any atom is 0.534 e. The lowest BCUT2D eigenvalue weighted by Crippen LogP contribution is -2.31. The van der Waals surface area contributed by atoms with Gasteiger partial charge in [0.05, 0.1) is 6.54 Å². The van der Waals surface area contributed by atoms with Gasteiger partial charge in [0.1, 0.15) is 23.1 Å². The molecule has 57 heavy (non-hydrogen) atoms. The fraction of sp³-hybridized carbons (Fsp3) is 0.361. The third-order valence-electron chi connectivity index (χ3n) is 8.88. The summed E-state index contributed by atoms with van der Waals surface area (Å²) in [6, 6.07) is 22.2. The van der Waals surface area contributed by atoms with Crippen LogP contribution in [-0.2, 0) is 25.0 Å². The monoisotopic (exact) mass is 844 g/mol. The molecule has 2 fully saturated rings. The second-order valence-corrected chi connectivity index (χ2v) is 16.1. The maximum atomic E-state index is 12.5. The van der Waals surface area contributed by atoms with E-state index in [9.17, 15) is 48.0 Å². The number of amides is 1. The standard InChI is InChI=1S/C18H18F3N3O4S.C18H20F3N3O3S/c19-18(20,21)29(26,27)28-15-5-3-4-13(10-15)14-7-9-24(11-14)12-17(25)23-16-6-1-2-8-22-16;19-18(20,21)28(25,26)27-16-5-3-4-14(12-16)15-7-10-24(13-15)11-9-23-17-6-1-2-8-22-17/h1-6,8,10,14H,7,9,11-12H2,(H,22,23,25);1-6,8,12,15H,7,9-11,13H2,(H,22,23). The molecule has 1 amide bonds. The third-order valence-corrected chi connectivity index (χ3v) is 10.8. The van der Waals surface area contributed by atoms with Crippen LogP contribution in [0, 0.1) is 0 Å². The summed E-state index contributed by atoms with van der Waals surface area (Å²) in [7, 11) is -11.4. The Balaban J connectivity index is 0.000000218. The zero-order valence-corrected chi connectivity index (χ0v) is 31.6. The summed E-state index contributed by atoms with van der Waals surface area (Å²) < 4.78 is 128. The van der Waals surface area contributed by atoms with Crippen LogP contribution in [0.3, 0.4) is 0 Å². The molecule has 2 N–H and O–H groups in total. The van der Waals surface area contributed by atoms with Gasteiger partial charge in [-0.25, -0.2) is 9.97 Å². The van der Waals surface area contributed by atoms with Crippen LogP contribution >= 0.6 is 0 Å². The van der Waals surface area contributed by atoms with Crippen LogP contribution in [0.2, 0.25) is 0 Å². The minimum Gasteiger partial charge on any atom is -0.376 e. The molecule has 2 aromatic carbocycles. The average molecular weight is 845 g/mol. The van der Waals surface area contributed by atoms with Crippen LogP contribution in [0.1, 0.15) is 35.8 Å². The average Bonchev–Trinajstić information content (AvgIpc) is 3.82. The number of hydrogen-bond donors (Lipinski definition) is 2. The summed E-state index contributed by atoms with van der Waals surface area (Å²) in [4.78, 5) is 24.5. The van der Waals surface area contributed by atoms with E-state index in [1.165, 1.54) is 30.3 Å². The van der Waals surface area contributed by atoms with Crippen LogP contribution in [0.25, 0.3) is 0 Å². The van der Waals surface area contributed by atoms with Gasteiger partial charge in [0.2, 0.25) is 5.91 Å². The molecule has 2 aliphatic rings. The predicted molar refractivity (Wildman–Crippen MR) is 197 cm³/mol. The fourth-order valence-electron chi connectivity index (χ4n) is 6.18. The van der Waals surface area contributed by atoms with Crippen molar-refractivity contribution in [3.8, 4) is 11.5 Å². The number of hydrogen-bond acceptors (Lipinski definition) is 12. The molecule has 2 atom stereocenters. The van der Waals surface area contributed by atoms with Gasteiger partial charge >= 0.3 is 31.3 Å². The number of carbonyl (C=O) groups excluding carboxylic acids is 1. The highest BCUT2D eigenvalue weighted by molar-refractivity contribution is 7.88. The van der Waals surface area contributed by atoms with Gasteiger partial charge in [0.25, 0.3) is 0 Å². The number of benzene rings is 2. The van der Waals surface area contributed by atoms with E-state index in [0.29, 0.717) is 30.9 Å². The van der Waals surface area contributed by atoms with Gasteiger partial charge in [-0.05, 0) is 97.4 Å². The van der Waals surface area contributed by atoms with Crippen molar-refractivity contribution in [1.82, 2.24) is 19.8 Å². The Morgan fingerprint density at radius 2 is 1.18 bits per heavy atom. The van der Waals surface area contributed by atoms with Crippen molar-refractivity contribution in [2.45, 2.75) is 35.7 Å². The van der Waals surface area contributed by atoms with Crippen molar-refractivity contribution < 1.29 is 56.3 Å². The lowest BCUT2D eigenvalue weighted by Gasteiger charge is -2.17. The minimum atomic E-state index is -5.72. The molecular formula is C36H38F6N6O7S2. The lowest BCUT2D eigenvalue weighted by atomic mass is 9.98. The number of pyridine rings is 2. The molecule has 0 saturated carbocycles. The normalized spacial score (nSPS) is 18.0. The molecule has 0 radical (unpaired) electrons. The zero-order chi connectivity index (χ0) is 41.3. The molecule has 21 heteroatoms. The molecule has 0 aliphatic carbocycles. The molecule has 2 aliphatic heterocycles. The van der Waals surface area contributed by atoms with Crippen molar-refractivity contribution in [3.63, 3.8) is 0 Å². The number of aromatic nitrogens is 2. The second-order valence-electron chi connectivity index (χ2n) is 13.0. The van der Waals surface area contributed by atoms with Crippen LogP contribution in [0.15, 0.2) is 97.3 Å². The first-order valence-electron chi connectivity index (χ1n) is 17.4. The van der Waals surface area contributed by atoms with Crippen molar-refractivity contribution in [2.24, 2.45) is 0 Å². The molecule has 308 valence electrons. The molecule has 6 rings (SSSR count). The van der Waals surface area contributed by atoms with Gasteiger partial charge in [-0.1, -0.05) is 36.4 Å². The summed E-state index contributed by atoms with van der Waals surface area (Å²) in [5, 5.41) is 5.92. The van der Waals surface area contributed by atoms with Gasteiger partial charge in [-0.3, -0.25) is 9.69 Å². The Kier molecular flexibility index (Phi) is 14.0. The van der Waals surface area contributed by atoms with Gasteiger partial charge in [-0.15, -0.1) is 0 Å². The van der Waals surface area contributed by atoms with Crippen LogP contribution in [0.5, 0.6) is 11.5 Å². The van der Waals surface area contributed by atoms with E-state index in [2.05, 4.69) is 33.9 Å². The van der Waals surface area contributed by atoms with Gasteiger partial charge in [-0.2, -0.15) is 43.2 Å². The molecule has 2 aromatic heterocycles. The topological polar surface area (TPSA) is 160 Å². The van der Waals surface area contributed by atoms with E-state index in [0.717, 1.165) is 50.0 Å². The summed E-state index contributed by atoms with van der Waals surface area (Å²) in [6.45, 7) is 4.37. The smallest absolute Gasteiger partial charge is 0.376 e. The number of likely N-dealkylation sites (tertiary alicyclic amines) is 2. The van der Waals surface area contributed by atoms with Crippen LogP contribution in [-0.4, -0.2) is 99.3 Å². The number of halogens is 6. The van der Waals surface area contributed by atoms with E-state index in [1.54, 1.807) is 42.7 Å². The highest BCUT2D eigenvalue weighted by atomic mass is 32.2. The van der Waals surface area contributed by atoms with Crippen molar-refractivity contribution in [3.05, 3.63) is 108 Å². The summed E-state index contributed by atoms with van der Waals surface area (Å²) in [5.41, 5.74) is -9.54. The van der Waals surface area contributed by atoms with E-state index < -0.39 is 37.0 Å². The first-order chi connectivity index (χ1) is 26.9. The molecule has 2 saturated heterocycles. The number of anilines is 2. The van der Waals surface area contributed by atoms with Crippen molar-refractivity contribution >= 4 is 37.8 Å². The molecule has 4 heterocycles. The van der Waals surface area contributed by atoms with E-state index >= 15 is 0 Å². The Hall–Kier alpha value is -4.99. The Morgan fingerprint density at radius 1 is 0.684 bits per heavy atom. The first kappa shape index (κ1) is 43.1. The Bertz CT molecular complexity index is 2170. The highest BCUT2D eigenvalue weighted by Crippen LogP contribution is 2.33. The molecule has 2 unspecified atom stereocenters. The predicted octanol–water partition coefficient (Wildman–Crippen LogP) is 5.95. The van der Waals surface area contributed by atoms with Gasteiger partial charge in [0, 0.05) is 38.6 Å². The fourth-order valence-corrected chi connectivity index (χ4v) is 7.08. The minimum absolute atomic E-state index is 0.0604. The zero-order valence-electron chi connectivity index (χ0n) is 30.0. The summed E-state index contributed by atoms with van der Waals surface area (Å²) in [5.74, 6) is 0.341. The Morgan fingerprint density at radius 3 is 1.67 bits per heavy atom. The molecule has 0 bridgehead atoms. The van der Waals surface area contributed by atoms with Crippen LogP contribution < -0.4 is 19.0 Å². The third kappa shape index (κ3) is 12.5. The summed E-state index contributed by atoms with van der Waals surface area (Å²) >= 11 is 0. The molecular weight excluding hydrogens is 807 g/mol. The number of alkyl halides is 6. The first-order valence-corrected chi connectivity index (χ1v) is 20.2. The number of nitrogens with one attached hydrogen (secondary N) is 2. The maximum absolute atomic E-state index is 12.5. The highest BCUT2D eigenvalue weighted by Gasteiger charge is 2.49. The largest absolute Gasteiger partial charge is 0.534 e. The molecule has 4 aromatic rings. The second kappa shape index (κ2) is 18.5. The molecule has 0 spiro atoms. The number of carbonyl (C=O) groups is 1. The Labute approximate surface area is 325 Å². The lowest BCUT2D eigenvalue weighted by molar-refractivity contribution is -0.117. The quantitative estimate of drug-likeness (QED) is 0.0927.